The minimum Gasteiger partial charge on any atom is -0.437 e. The average molecular weight is 156 g/mol. The molecule has 1 atom stereocenters. The SMILES string of the molecule is C=CCC(CNC)NB(C)O. The van der Waals surface area contributed by atoms with Crippen LogP contribution in [0.5, 0.6) is 0 Å². The summed E-state index contributed by atoms with van der Waals surface area (Å²) in [6.45, 7) is 6.20. The third kappa shape index (κ3) is 6.10. The van der Waals surface area contributed by atoms with Crippen LogP contribution in [0.4, 0.5) is 0 Å². The molecule has 0 rings (SSSR count). The normalized spacial score (nSPS) is 12.6. The summed E-state index contributed by atoms with van der Waals surface area (Å²) in [5.41, 5.74) is 0. The van der Waals surface area contributed by atoms with Crippen LogP contribution in [0.1, 0.15) is 6.42 Å². The molecule has 0 fully saturated rings. The first-order chi connectivity index (χ1) is 5.20. The van der Waals surface area contributed by atoms with Crippen molar-refractivity contribution in [3.05, 3.63) is 12.7 Å². The van der Waals surface area contributed by atoms with Crippen LogP contribution in [0.15, 0.2) is 12.7 Å². The minimum absolute atomic E-state index is 0.275. The van der Waals surface area contributed by atoms with Gasteiger partial charge in [-0.2, -0.15) is 0 Å². The standard InChI is InChI=1S/C7H17BN2O/c1-4-5-7(6-9-3)10-8(2)11/h4,7,9-11H,1,5-6H2,2-3H3. The van der Waals surface area contributed by atoms with Gasteiger partial charge in [0.05, 0.1) is 0 Å². The Hall–Kier alpha value is -0.315. The van der Waals surface area contributed by atoms with E-state index in [-0.39, 0.29) is 6.04 Å². The molecule has 0 aromatic heterocycles. The zero-order valence-corrected chi connectivity index (χ0v) is 7.30. The maximum atomic E-state index is 9.00. The average Bonchev–Trinajstić information content (AvgIpc) is 1.87. The zero-order valence-electron chi connectivity index (χ0n) is 7.30. The second-order valence-electron chi connectivity index (χ2n) is 2.62. The van der Waals surface area contributed by atoms with Crippen LogP contribution in [0.2, 0.25) is 6.82 Å². The molecule has 3 N–H and O–H groups in total. The van der Waals surface area contributed by atoms with E-state index in [0.29, 0.717) is 0 Å². The first-order valence-corrected chi connectivity index (χ1v) is 3.90. The maximum Gasteiger partial charge on any atom is 0.373 e. The van der Waals surface area contributed by atoms with Crippen LogP contribution in [0.25, 0.3) is 0 Å². The zero-order chi connectivity index (χ0) is 8.69. The molecule has 0 aliphatic heterocycles. The smallest absolute Gasteiger partial charge is 0.373 e. The third-order valence-corrected chi connectivity index (χ3v) is 1.38. The Morgan fingerprint density at radius 2 is 2.36 bits per heavy atom. The maximum absolute atomic E-state index is 9.00. The van der Waals surface area contributed by atoms with Crippen molar-refractivity contribution in [2.75, 3.05) is 13.6 Å². The lowest BCUT2D eigenvalue weighted by Gasteiger charge is -2.16. The van der Waals surface area contributed by atoms with Gasteiger partial charge < -0.3 is 15.6 Å². The van der Waals surface area contributed by atoms with Crippen molar-refractivity contribution < 1.29 is 5.02 Å². The first-order valence-electron chi connectivity index (χ1n) is 3.90. The van der Waals surface area contributed by atoms with Crippen molar-refractivity contribution in [1.82, 2.24) is 10.5 Å². The summed E-state index contributed by atoms with van der Waals surface area (Å²) in [6, 6.07) is 0.275. The van der Waals surface area contributed by atoms with E-state index in [1.165, 1.54) is 0 Å². The van der Waals surface area contributed by atoms with Crippen LogP contribution in [0, 0.1) is 0 Å². The summed E-state index contributed by atoms with van der Waals surface area (Å²) in [4.78, 5) is 0. The van der Waals surface area contributed by atoms with Crippen molar-refractivity contribution >= 4 is 7.05 Å². The molecule has 0 amide bonds. The van der Waals surface area contributed by atoms with Gasteiger partial charge in [0.2, 0.25) is 0 Å². The fourth-order valence-electron chi connectivity index (χ4n) is 0.999. The Labute approximate surface area is 69.0 Å². The molecule has 0 heterocycles. The summed E-state index contributed by atoms with van der Waals surface area (Å²) < 4.78 is 0. The first kappa shape index (κ1) is 10.7. The van der Waals surface area contributed by atoms with Crippen molar-refractivity contribution in [3.63, 3.8) is 0 Å². The number of likely N-dealkylation sites (N-methyl/N-ethyl adjacent to an activating group) is 1. The van der Waals surface area contributed by atoms with E-state index >= 15 is 0 Å². The van der Waals surface area contributed by atoms with Gasteiger partial charge in [-0.1, -0.05) is 6.08 Å². The van der Waals surface area contributed by atoms with E-state index in [1.54, 1.807) is 6.82 Å². The predicted molar refractivity (Wildman–Crippen MR) is 49.5 cm³/mol. The fraction of sp³-hybridized carbons (Fsp3) is 0.714. The lowest BCUT2D eigenvalue weighted by atomic mass is 9.87. The molecule has 0 saturated heterocycles. The molecule has 0 saturated carbocycles. The lowest BCUT2D eigenvalue weighted by molar-refractivity contribution is 0.503. The van der Waals surface area contributed by atoms with E-state index in [2.05, 4.69) is 17.1 Å². The summed E-state index contributed by atoms with van der Waals surface area (Å²) >= 11 is 0. The highest BCUT2D eigenvalue weighted by molar-refractivity contribution is 6.45. The number of hydrogen-bond acceptors (Lipinski definition) is 3. The van der Waals surface area contributed by atoms with Crippen LogP contribution in [-0.2, 0) is 0 Å². The van der Waals surface area contributed by atoms with Crippen molar-refractivity contribution in [2.45, 2.75) is 19.3 Å². The second kappa shape index (κ2) is 6.40. The summed E-state index contributed by atoms with van der Waals surface area (Å²) in [5, 5.41) is 15.0. The highest BCUT2D eigenvalue weighted by Crippen LogP contribution is 1.90. The van der Waals surface area contributed by atoms with Gasteiger partial charge in [0, 0.05) is 12.6 Å². The van der Waals surface area contributed by atoms with Gasteiger partial charge in [0.1, 0.15) is 0 Å². The third-order valence-electron chi connectivity index (χ3n) is 1.38. The van der Waals surface area contributed by atoms with E-state index in [9.17, 15) is 0 Å². The lowest BCUT2D eigenvalue weighted by Crippen LogP contribution is -2.44. The molecule has 0 aliphatic rings. The molecule has 4 heteroatoms. The summed E-state index contributed by atoms with van der Waals surface area (Å²) in [7, 11) is 1.44. The van der Waals surface area contributed by atoms with E-state index < -0.39 is 7.05 Å². The Kier molecular flexibility index (Phi) is 6.22. The Bertz CT molecular complexity index is 109. The molecular weight excluding hydrogens is 139 g/mol. The molecule has 0 radical (unpaired) electrons. The summed E-state index contributed by atoms with van der Waals surface area (Å²) in [5.74, 6) is 0. The van der Waals surface area contributed by atoms with Crippen molar-refractivity contribution in [1.29, 1.82) is 0 Å². The quantitative estimate of drug-likeness (QED) is 0.370. The highest BCUT2D eigenvalue weighted by atomic mass is 16.2. The van der Waals surface area contributed by atoms with Crippen LogP contribution < -0.4 is 10.5 Å². The molecule has 64 valence electrons. The minimum atomic E-state index is -0.451. The Morgan fingerprint density at radius 3 is 2.73 bits per heavy atom. The molecule has 0 aliphatic carbocycles. The Morgan fingerprint density at radius 1 is 1.73 bits per heavy atom. The molecule has 0 aromatic carbocycles. The van der Waals surface area contributed by atoms with Crippen molar-refractivity contribution in [3.8, 4) is 0 Å². The van der Waals surface area contributed by atoms with Gasteiger partial charge >= 0.3 is 7.05 Å². The van der Waals surface area contributed by atoms with Crippen molar-refractivity contribution in [2.24, 2.45) is 0 Å². The fourth-order valence-corrected chi connectivity index (χ4v) is 0.999. The predicted octanol–water partition coefficient (Wildman–Crippen LogP) is -0.150. The summed E-state index contributed by atoms with van der Waals surface area (Å²) in [6.07, 6.45) is 2.71. The van der Waals surface area contributed by atoms with Gasteiger partial charge in [-0.25, -0.2) is 0 Å². The van der Waals surface area contributed by atoms with Crippen LogP contribution >= 0.6 is 0 Å². The Balaban J connectivity index is 3.58. The molecule has 1 unspecified atom stereocenters. The molecule has 0 spiro atoms. The van der Waals surface area contributed by atoms with Gasteiger partial charge in [0.15, 0.2) is 0 Å². The molecule has 3 nitrogen and oxygen atoms in total. The second-order valence-corrected chi connectivity index (χ2v) is 2.62. The highest BCUT2D eigenvalue weighted by Gasteiger charge is 2.09. The van der Waals surface area contributed by atoms with Gasteiger partial charge in [-0.15, -0.1) is 6.58 Å². The largest absolute Gasteiger partial charge is 0.437 e. The van der Waals surface area contributed by atoms with E-state index in [4.69, 9.17) is 5.02 Å². The molecule has 11 heavy (non-hydrogen) atoms. The molecular formula is C7H17BN2O. The van der Waals surface area contributed by atoms with Gasteiger partial charge in [0.25, 0.3) is 0 Å². The monoisotopic (exact) mass is 156 g/mol. The van der Waals surface area contributed by atoms with E-state index in [0.717, 1.165) is 13.0 Å². The van der Waals surface area contributed by atoms with Gasteiger partial charge in [-0.05, 0) is 20.3 Å². The molecule has 0 bridgehead atoms. The van der Waals surface area contributed by atoms with E-state index in [1.807, 2.05) is 13.1 Å². The molecule has 0 aromatic rings. The van der Waals surface area contributed by atoms with Crippen LogP contribution in [0.3, 0.4) is 0 Å². The van der Waals surface area contributed by atoms with Gasteiger partial charge in [-0.3, -0.25) is 0 Å². The number of nitrogens with one attached hydrogen (secondary N) is 2. The number of rotatable bonds is 6. The number of hydrogen-bond donors (Lipinski definition) is 3. The topological polar surface area (TPSA) is 44.3 Å². The van der Waals surface area contributed by atoms with Crippen LogP contribution in [-0.4, -0.2) is 31.7 Å².